The molecule has 104 valence electrons. The molecular formula is C13H25N3O2. The number of morpholine rings is 1. The number of amides is 1. The number of nitrogens with one attached hydrogen (secondary N) is 1. The highest BCUT2D eigenvalue weighted by atomic mass is 16.5. The van der Waals surface area contributed by atoms with Gasteiger partial charge in [0.05, 0.1) is 19.3 Å². The Labute approximate surface area is 109 Å². The number of ether oxygens (including phenoxy) is 1. The van der Waals surface area contributed by atoms with Crippen molar-refractivity contribution < 1.29 is 9.53 Å². The normalized spacial score (nSPS) is 30.4. The van der Waals surface area contributed by atoms with E-state index in [1.165, 1.54) is 0 Å². The van der Waals surface area contributed by atoms with Gasteiger partial charge in [0, 0.05) is 38.8 Å². The molecule has 0 aromatic rings. The third kappa shape index (κ3) is 3.43. The van der Waals surface area contributed by atoms with E-state index in [2.05, 4.69) is 24.1 Å². The Bertz CT molecular complexity index is 279. The third-order valence-corrected chi connectivity index (χ3v) is 3.86. The molecule has 0 saturated carbocycles. The van der Waals surface area contributed by atoms with Crippen LogP contribution in [0.25, 0.3) is 0 Å². The molecule has 2 rings (SSSR count). The van der Waals surface area contributed by atoms with Crippen molar-refractivity contribution in [2.45, 2.75) is 32.4 Å². The summed E-state index contributed by atoms with van der Waals surface area (Å²) in [5, 5.41) is 3.27. The minimum Gasteiger partial charge on any atom is -0.376 e. The van der Waals surface area contributed by atoms with Crippen molar-refractivity contribution in [3.8, 4) is 0 Å². The van der Waals surface area contributed by atoms with Crippen LogP contribution in [0, 0.1) is 0 Å². The first kappa shape index (κ1) is 13.8. The average Bonchev–Trinajstić information content (AvgIpc) is 2.40. The number of carbonyl (C=O) groups is 1. The van der Waals surface area contributed by atoms with Crippen LogP contribution in [0.2, 0.25) is 0 Å². The van der Waals surface area contributed by atoms with Gasteiger partial charge in [0.2, 0.25) is 5.91 Å². The van der Waals surface area contributed by atoms with Crippen LogP contribution in [-0.4, -0.2) is 73.7 Å². The Morgan fingerprint density at radius 3 is 2.78 bits per heavy atom. The molecule has 2 unspecified atom stereocenters. The second-order valence-electron chi connectivity index (χ2n) is 5.27. The first-order chi connectivity index (χ1) is 8.70. The summed E-state index contributed by atoms with van der Waals surface area (Å²) >= 11 is 0. The zero-order valence-corrected chi connectivity index (χ0v) is 11.5. The minimum absolute atomic E-state index is 0.239. The van der Waals surface area contributed by atoms with Crippen molar-refractivity contribution in [3.05, 3.63) is 0 Å². The van der Waals surface area contributed by atoms with E-state index in [4.69, 9.17) is 4.74 Å². The van der Waals surface area contributed by atoms with E-state index < -0.39 is 0 Å². The van der Waals surface area contributed by atoms with Gasteiger partial charge in [-0.15, -0.1) is 0 Å². The van der Waals surface area contributed by atoms with Crippen LogP contribution in [0.3, 0.4) is 0 Å². The van der Waals surface area contributed by atoms with Crippen molar-refractivity contribution in [1.82, 2.24) is 15.1 Å². The van der Waals surface area contributed by atoms with Crippen molar-refractivity contribution in [2.24, 2.45) is 0 Å². The van der Waals surface area contributed by atoms with Crippen LogP contribution in [0.15, 0.2) is 0 Å². The maximum atomic E-state index is 12.3. The Morgan fingerprint density at radius 2 is 2.11 bits per heavy atom. The highest BCUT2D eigenvalue weighted by Crippen LogP contribution is 2.14. The summed E-state index contributed by atoms with van der Waals surface area (Å²) < 4.78 is 5.66. The Hall–Kier alpha value is -0.650. The SMILES string of the molecule is CCC1COC(C)CN1CC(=O)N1CCNCC1. The molecule has 5 nitrogen and oxygen atoms in total. The molecule has 2 aliphatic rings. The van der Waals surface area contributed by atoms with Gasteiger partial charge in [0.25, 0.3) is 0 Å². The first-order valence-corrected chi connectivity index (χ1v) is 7.05. The van der Waals surface area contributed by atoms with Gasteiger partial charge in [0.15, 0.2) is 0 Å². The smallest absolute Gasteiger partial charge is 0.236 e. The van der Waals surface area contributed by atoms with E-state index in [1.807, 2.05) is 4.90 Å². The predicted octanol–water partition coefficient (Wildman–Crippen LogP) is -0.0825. The standard InChI is InChI=1S/C13H25N3O2/c1-3-12-10-18-11(2)8-16(12)9-13(17)15-6-4-14-5-7-15/h11-12,14H,3-10H2,1-2H3. The van der Waals surface area contributed by atoms with Crippen LogP contribution < -0.4 is 5.32 Å². The largest absolute Gasteiger partial charge is 0.376 e. The van der Waals surface area contributed by atoms with Crippen LogP contribution >= 0.6 is 0 Å². The van der Waals surface area contributed by atoms with Gasteiger partial charge in [-0.05, 0) is 13.3 Å². The molecule has 0 aromatic heterocycles. The molecule has 5 heteroatoms. The average molecular weight is 255 g/mol. The zero-order valence-electron chi connectivity index (χ0n) is 11.5. The zero-order chi connectivity index (χ0) is 13.0. The molecule has 0 spiro atoms. The molecule has 0 aromatic carbocycles. The summed E-state index contributed by atoms with van der Waals surface area (Å²) in [4.78, 5) is 16.5. The number of hydrogen-bond donors (Lipinski definition) is 1. The molecule has 0 bridgehead atoms. The van der Waals surface area contributed by atoms with Crippen LogP contribution in [0.4, 0.5) is 0 Å². The Balaban J connectivity index is 1.87. The highest BCUT2D eigenvalue weighted by molar-refractivity contribution is 5.78. The number of nitrogens with zero attached hydrogens (tertiary/aromatic N) is 2. The second-order valence-corrected chi connectivity index (χ2v) is 5.27. The number of rotatable bonds is 3. The summed E-state index contributed by atoms with van der Waals surface area (Å²) in [6.45, 7) is 9.94. The van der Waals surface area contributed by atoms with Gasteiger partial charge in [-0.2, -0.15) is 0 Å². The lowest BCUT2D eigenvalue weighted by Gasteiger charge is -2.39. The van der Waals surface area contributed by atoms with E-state index in [0.29, 0.717) is 12.6 Å². The number of piperazine rings is 1. The van der Waals surface area contributed by atoms with E-state index in [9.17, 15) is 4.79 Å². The van der Waals surface area contributed by atoms with Crippen molar-refractivity contribution in [1.29, 1.82) is 0 Å². The lowest BCUT2D eigenvalue weighted by molar-refractivity contribution is -0.136. The monoisotopic (exact) mass is 255 g/mol. The van der Waals surface area contributed by atoms with E-state index in [0.717, 1.165) is 45.8 Å². The van der Waals surface area contributed by atoms with Crippen LogP contribution in [0.5, 0.6) is 0 Å². The van der Waals surface area contributed by atoms with Crippen molar-refractivity contribution in [2.75, 3.05) is 45.9 Å². The quantitative estimate of drug-likeness (QED) is 0.766. The maximum Gasteiger partial charge on any atom is 0.236 e. The second kappa shape index (κ2) is 6.50. The fourth-order valence-electron chi connectivity index (χ4n) is 2.67. The minimum atomic E-state index is 0.239. The van der Waals surface area contributed by atoms with Gasteiger partial charge < -0.3 is 15.0 Å². The van der Waals surface area contributed by atoms with Crippen molar-refractivity contribution >= 4 is 5.91 Å². The Morgan fingerprint density at radius 1 is 1.39 bits per heavy atom. The fraction of sp³-hybridized carbons (Fsp3) is 0.923. The lowest BCUT2D eigenvalue weighted by Crippen LogP contribution is -2.54. The summed E-state index contributed by atoms with van der Waals surface area (Å²) in [6.07, 6.45) is 1.28. The summed E-state index contributed by atoms with van der Waals surface area (Å²) in [6, 6.07) is 0.396. The maximum absolute atomic E-state index is 12.3. The van der Waals surface area contributed by atoms with Gasteiger partial charge in [0.1, 0.15) is 0 Å². The highest BCUT2D eigenvalue weighted by Gasteiger charge is 2.28. The predicted molar refractivity (Wildman–Crippen MR) is 70.5 cm³/mol. The van der Waals surface area contributed by atoms with E-state index in [-0.39, 0.29) is 12.0 Å². The first-order valence-electron chi connectivity index (χ1n) is 7.05. The topological polar surface area (TPSA) is 44.8 Å². The van der Waals surface area contributed by atoms with E-state index in [1.54, 1.807) is 0 Å². The van der Waals surface area contributed by atoms with Gasteiger partial charge in [-0.25, -0.2) is 0 Å². The summed E-state index contributed by atoms with van der Waals surface area (Å²) in [7, 11) is 0. The van der Waals surface area contributed by atoms with E-state index >= 15 is 0 Å². The molecule has 2 aliphatic heterocycles. The van der Waals surface area contributed by atoms with Crippen molar-refractivity contribution in [3.63, 3.8) is 0 Å². The van der Waals surface area contributed by atoms with Crippen LogP contribution in [0.1, 0.15) is 20.3 Å². The molecule has 1 amide bonds. The molecule has 2 heterocycles. The summed E-state index contributed by atoms with van der Waals surface area (Å²) in [5.41, 5.74) is 0. The molecular weight excluding hydrogens is 230 g/mol. The molecule has 0 aliphatic carbocycles. The van der Waals surface area contributed by atoms with Gasteiger partial charge >= 0.3 is 0 Å². The lowest BCUT2D eigenvalue weighted by atomic mass is 10.1. The van der Waals surface area contributed by atoms with Crippen LogP contribution in [-0.2, 0) is 9.53 Å². The molecule has 2 fully saturated rings. The van der Waals surface area contributed by atoms with Gasteiger partial charge in [-0.1, -0.05) is 6.92 Å². The molecule has 1 N–H and O–H groups in total. The summed E-state index contributed by atoms with van der Waals surface area (Å²) in [5.74, 6) is 0.268. The molecule has 2 saturated heterocycles. The Kier molecular flexibility index (Phi) is 4.97. The molecule has 2 atom stereocenters. The fourth-order valence-corrected chi connectivity index (χ4v) is 2.67. The number of hydrogen-bond acceptors (Lipinski definition) is 4. The number of carbonyl (C=O) groups excluding carboxylic acids is 1. The molecule has 0 radical (unpaired) electrons. The van der Waals surface area contributed by atoms with Gasteiger partial charge in [-0.3, -0.25) is 9.69 Å². The third-order valence-electron chi connectivity index (χ3n) is 3.86. The molecule has 18 heavy (non-hydrogen) atoms.